The van der Waals surface area contributed by atoms with Gasteiger partial charge >= 0.3 is 5.97 Å². The lowest BCUT2D eigenvalue weighted by molar-refractivity contribution is -0.136. The predicted octanol–water partition coefficient (Wildman–Crippen LogP) is 0.635. The first kappa shape index (κ1) is 14.5. The summed E-state index contributed by atoms with van der Waals surface area (Å²) in [6.45, 7) is 2.56. The lowest BCUT2D eigenvalue weighted by Crippen LogP contribution is -2.28. The fourth-order valence-electron chi connectivity index (χ4n) is 1.64. The highest BCUT2D eigenvalue weighted by Crippen LogP contribution is 2.23. The van der Waals surface area contributed by atoms with Crippen molar-refractivity contribution < 1.29 is 18.3 Å². The number of hydrogen-bond acceptors (Lipinski definition) is 4. The summed E-state index contributed by atoms with van der Waals surface area (Å²) in [6.07, 6.45) is -0.0627. The van der Waals surface area contributed by atoms with Crippen molar-refractivity contribution in [1.29, 1.82) is 0 Å². The molecule has 100 valence electrons. The van der Waals surface area contributed by atoms with Crippen LogP contribution in [0.2, 0.25) is 0 Å². The topological polar surface area (TPSA) is 101 Å². The van der Waals surface area contributed by atoms with Crippen LogP contribution in [0.4, 0.5) is 5.69 Å². The van der Waals surface area contributed by atoms with Crippen molar-refractivity contribution in [3.8, 4) is 0 Å². The highest BCUT2D eigenvalue weighted by molar-refractivity contribution is 7.89. The Hall–Kier alpha value is -1.60. The zero-order valence-corrected chi connectivity index (χ0v) is 10.9. The van der Waals surface area contributed by atoms with E-state index in [9.17, 15) is 13.2 Å². The molecule has 0 heterocycles. The molecule has 0 saturated carbocycles. The fraction of sp³-hybridized carbons (Fsp3) is 0.364. The zero-order valence-electron chi connectivity index (χ0n) is 10.0. The Morgan fingerprint density at radius 2 is 2.00 bits per heavy atom. The molecule has 0 aliphatic heterocycles. The number of nitrogens with two attached hydrogens (primary N) is 1. The maximum Gasteiger partial charge on any atom is 0.305 e. The highest BCUT2D eigenvalue weighted by atomic mass is 32.2. The van der Waals surface area contributed by atoms with Crippen molar-refractivity contribution >= 4 is 21.7 Å². The SMILES string of the molecule is CCN(CCC(=O)O)c1ccccc1S(N)(=O)=O. The van der Waals surface area contributed by atoms with Crippen LogP contribution < -0.4 is 10.0 Å². The van der Waals surface area contributed by atoms with Crippen LogP contribution in [-0.4, -0.2) is 32.6 Å². The first-order chi connectivity index (χ1) is 8.36. The number of carbonyl (C=O) groups is 1. The molecule has 0 fully saturated rings. The molecule has 0 atom stereocenters. The maximum atomic E-state index is 11.4. The number of aliphatic carboxylic acids is 1. The van der Waals surface area contributed by atoms with Crippen LogP contribution >= 0.6 is 0 Å². The average Bonchev–Trinajstić information content (AvgIpc) is 2.29. The normalized spacial score (nSPS) is 11.2. The van der Waals surface area contributed by atoms with E-state index < -0.39 is 16.0 Å². The number of nitrogens with zero attached hydrogens (tertiary/aromatic N) is 1. The summed E-state index contributed by atoms with van der Waals surface area (Å²) in [6, 6.07) is 6.29. The van der Waals surface area contributed by atoms with Gasteiger partial charge in [0.2, 0.25) is 10.0 Å². The number of para-hydroxylation sites is 1. The third kappa shape index (κ3) is 3.71. The van der Waals surface area contributed by atoms with Gasteiger partial charge in [-0.3, -0.25) is 4.79 Å². The van der Waals surface area contributed by atoms with Gasteiger partial charge in [-0.15, -0.1) is 0 Å². The number of hydrogen-bond donors (Lipinski definition) is 2. The van der Waals surface area contributed by atoms with Crippen LogP contribution in [0.3, 0.4) is 0 Å². The molecule has 0 amide bonds. The van der Waals surface area contributed by atoms with Gasteiger partial charge in [0.25, 0.3) is 0 Å². The minimum Gasteiger partial charge on any atom is -0.481 e. The second-order valence-electron chi connectivity index (χ2n) is 3.74. The van der Waals surface area contributed by atoms with Gasteiger partial charge in [0.1, 0.15) is 4.90 Å². The van der Waals surface area contributed by atoms with Crippen LogP contribution in [0.15, 0.2) is 29.2 Å². The summed E-state index contributed by atoms with van der Waals surface area (Å²) in [4.78, 5) is 12.2. The second-order valence-corrected chi connectivity index (χ2v) is 5.27. The molecule has 3 N–H and O–H groups in total. The van der Waals surface area contributed by atoms with Crippen molar-refractivity contribution in [3.63, 3.8) is 0 Å². The van der Waals surface area contributed by atoms with Gasteiger partial charge in [0.15, 0.2) is 0 Å². The molecular weight excluding hydrogens is 256 g/mol. The second kappa shape index (κ2) is 5.83. The molecule has 0 aliphatic rings. The first-order valence-electron chi connectivity index (χ1n) is 5.44. The Bertz CT molecular complexity index is 528. The van der Waals surface area contributed by atoms with Crippen LogP contribution in [0.5, 0.6) is 0 Å². The molecule has 1 aromatic carbocycles. The van der Waals surface area contributed by atoms with Crippen molar-refractivity contribution in [2.24, 2.45) is 5.14 Å². The Balaban J connectivity index is 3.10. The van der Waals surface area contributed by atoms with Gasteiger partial charge in [0, 0.05) is 13.1 Å². The minimum absolute atomic E-state index is 0.0113. The van der Waals surface area contributed by atoms with E-state index in [2.05, 4.69) is 0 Å². The van der Waals surface area contributed by atoms with E-state index in [0.717, 1.165) is 0 Å². The predicted molar refractivity (Wildman–Crippen MR) is 68.0 cm³/mol. The Labute approximate surface area is 106 Å². The Morgan fingerprint density at radius 3 is 2.50 bits per heavy atom. The molecule has 1 rings (SSSR count). The quantitative estimate of drug-likeness (QED) is 0.791. The first-order valence-corrected chi connectivity index (χ1v) is 6.99. The van der Waals surface area contributed by atoms with Crippen molar-refractivity contribution in [2.45, 2.75) is 18.2 Å². The molecular formula is C11H16N2O4S. The minimum atomic E-state index is -3.82. The van der Waals surface area contributed by atoms with Gasteiger partial charge in [0.05, 0.1) is 12.1 Å². The molecule has 0 spiro atoms. The number of primary sulfonamides is 1. The Morgan fingerprint density at radius 1 is 1.39 bits per heavy atom. The van der Waals surface area contributed by atoms with Crippen LogP contribution in [-0.2, 0) is 14.8 Å². The standard InChI is InChI=1S/C11H16N2O4S/c1-2-13(8-7-11(14)15)9-5-3-4-6-10(9)18(12,16)17/h3-6H,2,7-8H2,1H3,(H,14,15)(H2,12,16,17). The van der Waals surface area contributed by atoms with E-state index in [0.29, 0.717) is 12.2 Å². The Kier molecular flexibility index (Phi) is 4.69. The molecule has 18 heavy (non-hydrogen) atoms. The maximum absolute atomic E-state index is 11.4. The van der Waals surface area contributed by atoms with Crippen LogP contribution in [0.1, 0.15) is 13.3 Å². The molecule has 6 nitrogen and oxygen atoms in total. The highest BCUT2D eigenvalue weighted by Gasteiger charge is 2.17. The van der Waals surface area contributed by atoms with Crippen molar-refractivity contribution in [3.05, 3.63) is 24.3 Å². The zero-order chi connectivity index (χ0) is 13.8. The number of anilines is 1. The number of rotatable bonds is 6. The summed E-state index contributed by atoms with van der Waals surface area (Å²) in [5.41, 5.74) is 0.434. The van der Waals surface area contributed by atoms with Crippen molar-refractivity contribution in [2.75, 3.05) is 18.0 Å². The van der Waals surface area contributed by atoms with Gasteiger partial charge in [-0.25, -0.2) is 13.6 Å². The fourth-order valence-corrected chi connectivity index (χ4v) is 2.40. The molecule has 7 heteroatoms. The number of carboxylic acid groups (broad SMARTS) is 1. The average molecular weight is 272 g/mol. The van der Waals surface area contributed by atoms with E-state index in [4.69, 9.17) is 10.2 Å². The van der Waals surface area contributed by atoms with Gasteiger partial charge in [-0.2, -0.15) is 0 Å². The summed E-state index contributed by atoms with van der Waals surface area (Å²) in [5.74, 6) is -0.929. The molecule has 0 aliphatic carbocycles. The van der Waals surface area contributed by atoms with Crippen LogP contribution in [0.25, 0.3) is 0 Å². The molecule has 0 bridgehead atoms. The smallest absolute Gasteiger partial charge is 0.305 e. The van der Waals surface area contributed by atoms with Gasteiger partial charge < -0.3 is 10.0 Å². The van der Waals surface area contributed by atoms with E-state index >= 15 is 0 Å². The van der Waals surface area contributed by atoms with Gasteiger partial charge in [-0.1, -0.05) is 12.1 Å². The largest absolute Gasteiger partial charge is 0.481 e. The summed E-state index contributed by atoms with van der Waals surface area (Å²) in [7, 11) is -3.82. The summed E-state index contributed by atoms with van der Waals surface area (Å²) in [5, 5.41) is 13.8. The van der Waals surface area contributed by atoms with Crippen LogP contribution in [0, 0.1) is 0 Å². The third-order valence-corrected chi connectivity index (χ3v) is 3.45. The monoisotopic (exact) mass is 272 g/mol. The molecule has 0 aromatic heterocycles. The number of sulfonamides is 1. The molecule has 0 radical (unpaired) electrons. The lowest BCUT2D eigenvalue weighted by Gasteiger charge is -2.24. The summed E-state index contributed by atoms with van der Waals surface area (Å²) >= 11 is 0. The molecule has 0 saturated heterocycles. The lowest BCUT2D eigenvalue weighted by atomic mass is 10.2. The third-order valence-electron chi connectivity index (χ3n) is 2.49. The number of carboxylic acids is 1. The van der Waals surface area contributed by atoms with E-state index in [1.165, 1.54) is 6.07 Å². The molecule has 1 aromatic rings. The summed E-state index contributed by atoms with van der Waals surface area (Å²) < 4.78 is 22.9. The molecule has 0 unspecified atom stereocenters. The van der Waals surface area contributed by atoms with Gasteiger partial charge in [-0.05, 0) is 19.1 Å². The van der Waals surface area contributed by atoms with E-state index in [1.54, 1.807) is 23.1 Å². The number of benzene rings is 1. The van der Waals surface area contributed by atoms with E-state index in [1.807, 2.05) is 6.92 Å². The van der Waals surface area contributed by atoms with E-state index in [-0.39, 0.29) is 17.9 Å². The van der Waals surface area contributed by atoms with Crippen molar-refractivity contribution in [1.82, 2.24) is 0 Å².